The third-order valence-electron chi connectivity index (χ3n) is 2.73. The van der Waals surface area contributed by atoms with E-state index < -0.39 is 0 Å². The zero-order valence-corrected chi connectivity index (χ0v) is 11.9. The van der Waals surface area contributed by atoms with Gasteiger partial charge in [-0.3, -0.25) is 4.79 Å². The second-order valence-electron chi connectivity index (χ2n) is 4.08. The fourth-order valence-corrected chi connectivity index (χ4v) is 2.36. The van der Waals surface area contributed by atoms with Crippen LogP contribution in [0, 0.1) is 5.82 Å². The first-order valence-corrected chi connectivity index (χ1v) is 6.50. The number of carbonyl (C=O) groups excluding carboxylic acids is 1. The number of hydrogen-bond donors (Lipinski definition) is 0. The van der Waals surface area contributed by atoms with Crippen molar-refractivity contribution in [1.29, 1.82) is 0 Å². The van der Waals surface area contributed by atoms with Gasteiger partial charge in [-0.15, -0.1) is 0 Å². The van der Waals surface area contributed by atoms with Crippen molar-refractivity contribution in [3.8, 4) is 5.75 Å². The van der Waals surface area contributed by atoms with Gasteiger partial charge in [0.15, 0.2) is 5.78 Å². The number of ether oxygens (including phenoxy) is 1. The molecule has 0 aliphatic carbocycles. The molecule has 0 unspecified atom stereocenters. The predicted molar refractivity (Wildman–Crippen MR) is 75.1 cm³/mol. The standard InChI is InChI=1S/C15H12BrFO2/c1-19-12-5-6-13(14(16)9-12)15(18)8-10-3-2-4-11(17)7-10/h2-7,9H,8H2,1H3. The van der Waals surface area contributed by atoms with Gasteiger partial charge in [0.1, 0.15) is 11.6 Å². The molecule has 2 aromatic rings. The number of rotatable bonds is 4. The molecule has 2 rings (SSSR count). The van der Waals surface area contributed by atoms with Crippen LogP contribution in [-0.4, -0.2) is 12.9 Å². The van der Waals surface area contributed by atoms with Crippen LogP contribution >= 0.6 is 15.9 Å². The molecule has 2 aromatic carbocycles. The monoisotopic (exact) mass is 322 g/mol. The fraction of sp³-hybridized carbons (Fsp3) is 0.133. The molecule has 0 atom stereocenters. The number of benzene rings is 2. The van der Waals surface area contributed by atoms with Crippen molar-refractivity contribution in [3.05, 3.63) is 63.9 Å². The third-order valence-corrected chi connectivity index (χ3v) is 3.39. The maximum atomic E-state index is 13.1. The average Bonchev–Trinajstić information content (AvgIpc) is 2.38. The Bertz CT molecular complexity index is 611. The van der Waals surface area contributed by atoms with Crippen LogP contribution in [0.3, 0.4) is 0 Å². The summed E-state index contributed by atoms with van der Waals surface area (Å²) < 4.78 is 18.8. The van der Waals surface area contributed by atoms with Crippen molar-refractivity contribution in [2.24, 2.45) is 0 Å². The fourth-order valence-electron chi connectivity index (χ4n) is 1.78. The molecule has 0 fully saturated rings. The molecule has 2 nitrogen and oxygen atoms in total. The number of methoxy groups -OCH3 is 1. The third kappa shape index (κ3) is 3.41. The summed E-state index contributed by atoms with van der Waals surface area (Å²) in [4.78, 5) is 12.2. The summed E-state index contributed by atoms with van der Waals surface area (Å²) in [7, 11) is 1.57. The Kier molecular flexibility index (Phi) is 4.32. The molecular formula is C15H12BrFO2. The van der Waals surface area contributed by atoms with Gasteiger partial charge in [0.25, 0.3) is 0 Å². The number of hydrogen-bond acceptors (Lipinski definition) is 2. The number of Topliss-reactive ketones (excluding diaryl/α,β-unsaturated/α-hetero) is 1. The highest BCUT2D eigenvalue weighted by molar-refractivity contribution is 9.10. The van der Waals surface area contributed by atoms with E-state index in [2.05, 4.69) is 15.9 Å². The second kappa shape index (κ2) is 5.97. The minimum absolute atomic E-state index is 0.0693. The Hall–Kier alpha value is -1.68. The first kappa shape index (κ1) is 13.7. The van der Waals surface area contributed by atoms with Crippen LogP contribution in [0.5, 0.6) is 5.75 Å². The van der Waals surface area contributed by atoms with Crippen LogP contribution in [0.15, 0.2) is 46.9 Å². The highest BCUT2D eigenvalue weighted by Crippen LogP contribution is 2.24. The quantitative estimate of drug-likeness (QED) is 0.795. The van der Waals surface area contributed by atoms with Gasteiger partial charge in [-0.05, 0) is 51.8 Å². The average molecular weight is 323 g/mol. The molecule has 0 saturated heterocycles. The van der Waals surface area contributed by atoms with Gasteiger partial charge in [-0.1, -0.05) is 12.1 Å². The molecule has 0 spiro atoms. The molecule has 19 heavy (non-hydrogen) atoms. The molecular weight excluding hydrogens is 311 g/mol. The van der Waals surface area contributed by atoms with E-state index in [9.17, 15) is 9.18 Å². The summed E-state index contributed by atoms with van der Waals surface area (Å²) >= 11 is 3.34. The van der Waals surface area contributed by atoms with E-state index in [1.165, 1.54) is 12.1 Å². The van der Waals surface area contributed by atoms with Crippen molar-refractivity contribution in [2.75, 3.05) is 7.11 Å². The molecule has 0 bridgehead atoms. The minimum Gasteiger partial charge on any atom is -0.497 e. The smallest absolute Gasteiger partial charge is 0.168 e. The molecule has 98 valence electrons. The highest BCUT2D eigenvalue weighted by Gasteiger charge is 2.12. The van der Waals surface area contributed by atoms with E-state index >= 15 is 0 Å². The molecule has 0 aliphatic heterocycles. The summed E-state index contributed by atoms with van der Waals surface area (Å²) in [5.74, 6) is 0.272. The second-order valence-corrected chi connectivity index (χ2v) is 4.93. The Labute approximate surface area is 119 Å². The van der Waals surface area contributed by atoms with Crippen molar-refractivity contribution in [1.82, 2.24) is 0 Å². The van der Waals surface area contributed by atoms with E-state index in [1.54, 1.807) is 37.4 Å². The van der Waals surface area contributed by atoms with Crippen LogP contribution in [-0.2, 0) is 6.42 Å². The maximum Gasteiger partial charge on any atom is 0.168 e. The zero-order chi connectivity index (χ0) is 13.8. The molecule has 0 N–H and O–H groups in total. The summed E-state index contributed by atoms with van der Waals surface area (Å²) in [5.41, 5.74) is 1.22. The van der Waals surface area contributed by atoms with Gasteiger partial charge in [0.2, 0.25) is 0 Å². The van der Waals surface area contributed by atoms with Gasteiger partial charge in [-0.2, -0.15) is 0 Å². The van der Waals surface area contributed by atoms with Gasteiger partial charge < -0.3 is 4.74 Å². The highest BCUT2D eigenvalue weighted by atomic mass is 79.9. The summed E-state index contributed by atoms with van der Waals surface area (Å²) in [6, 6.07) is 11.2. The molecule has 0 heterocycles. The van der Waals surface area contributed by atoms with Crippen molar-refractivity contribution >= 4 is 21.7 Å². The van der Waals surface area contributed by atoms with Gasteiger partial charge in [0.05, 0.1) is 7.11 Å². The topological polar surface area (TPSA) is 26.3 Å². The first-order chi connectivity index (χ1) is 9.10. The zero-order valence-electron chi connectivity index (χ0n) is 10.3. The van der Waals surface area contributed by atoms with Crippen molar-refractivity contribution in [3.63, 3.8) is 0 Å². The van der Waals surface area contributed by atoms with Gasteiger partial charge >= 0.3 is 0 Å². The van der Waals surface area contributed by atoms with Crippen LogP contribution in [0.25, 0.3) is 0 Å². The Balaban J connectivity index is 2.20. The largest absolute Gasteiger partial charge is 0.497 e. The first-order valence-electron chi connectivity index (χ1n) is 5.71. The van der Waals surface area contributed by atoms with Crippen LogP contribution in [0.2, 0.25) is 0 Å². The Morgan fingerprint density at radius 3 is 2.68 bits per heavy atom. The Morgan fingerprint density at radius 1 is 1.26 bits per heavy atom. The maximum absolute atomic E-state index is 13.1. The number of ketones is 1. The van der Waals surface area contributed by atoms with Crippen molar-refractivity contribution < 1.29 is 13.9 Å². The molecule has 0 amide bonds. The van der Waals surface area contributed by atoms with Crippen LogP contribution in [0.4, 0.5) is 4.39 Å². The van der Waals surface area contributed by atoms with Gasteiger partial charge in [0, 0.05) is 16.5 Å². The SMILES string of the molecule is COc1ccc(C(=O)Cc2cccc(F)c2)c(Br)c1. The molecule has 0 radical (unpaired) electrons. The lowest BCUT2D eigenvalue weighted by molar-refractivity contribution is 0.0992. The van der Waals surface area contributed by atoms with Crippen LogP contribution < -0.4 is 4.74 Å². The predicted octanol–water partition coefficient (Wildman–Crippen LogP) is 4.02. The summed E-state index contributed by atoms with van der Waals surface area (Å²) in [6.45, 7) is 0. The number of halogens is 2. The normalized spacial score (nSPS) is 10.3. The van der Waals surface area contributed by atoms with E-state index in [1.807, 2.05) is 0 Å². The van der Waals surface area contributed by atoms with Crippen LogP contribution in [0.1, 0.15) is 15.9 Å². The van der Waals surface area contributed by atoms with E-state index in [-0.39, 0.29) is 18.0 Å². The molecule has 0 saturated carbocycles. The number of carbonyl (C=O) groups is 1. The lowest BCUT2D eigenvalue weighted by Gasteiger charge is -2.06. The van der Waals surface area contributed by atoms with Gasteiger partial charge in [-0.25, -0.2) is 4.39 Å². The van der Waals surface area contributed by atoms with E-state index in [4.69, 9.17) is 4.74 Å². The molecule has 0 aliphatic rings. The lowest BCUT2D eigenvalue weighted by Crippen LogP contribution is -2.05. The Morgan fingerprint density at radius 2 is 2.05 bits per heavy atom. The lowest BCUT2D eigenvalue weighted by atomic mass is 10.0. The summed E-state index contributed by atoms with van der Waals surface area (Å²) in [6.07, 6.45) is 0.169. The summed E-state index contributed by atoms with van der Waals surface area (Å²) in [5, 5.41) is 0. The van der Waals surface area contributed by atoms with Crippen molar-refractivity contribution in [2.45, 2.75) is 6.42 Å². The van der Waals surface area contributed by atoms with E-state index in [0.29, 0.717) is 21.3 Å². The van der Waals surface area contributed by atoms with E-state index in [0.717, 1.165) is 0 Å². The molecule has 4 heteroatoms. The molecule has 0 aromatic heterocycles. The minimum atomic E-state index is -0.334.